The number of rotatable bonds is 10. The lowest BCUT2D eigenvalue weighted by atomic mass is 9.83. The van der Waals surface area contributed by atoms with Crippen molar-refractivity contribution < 1.29 is 13.2 Å². The molecule has 0 aliphatic heterocycles. The summed E-state index contributed by atoms with van der Waals surface area (Å²) in [7, 11) is -1.57. The van der Waals surface area contributed by atoms with Crippen LogP contribution in [0.25, 0.3) is 0 Å². The van der Waals surface area contributed by atoms with Gasteiger partial charge in [-0.2, -0.15) is 0 Å². The highest BCUT2D eigenvalue weighted by molar-refractivity contribution is 14.0. The molecule has 0 bridgehead atoms. The maximum absolute atomic E-state index is 11.6. The van der Waals surface area contributed by atoms with Crippen LogP contribution in [0.4, 0.5) is 5.69 Å². The Bertz CT molecular complexity index is 750. The second-order valence-electron chi connectivity index (χ2n) is 7.46. The highest BCUT2D eigenvalue weighted by Gasteiger charge is 2.33. The molecule has 1 aliphatic carbocycles. The van der Waals surface area contributed by atoms with Crippen LogP contribution in [-0.4, -0.2) is 47.4 Å². The molecule has 0 saturated heterocycles. The molecule has 1 saturated carbocycles. The van der Waals surface area contributed by atoms with E-state index in [0.29, 0.717) is 12.2 Å². The smallest absolute Gasteiger partial charge is 0.229 e. The molecule has 166 valence electrons. The number of aliphatic imine (C=N–C) groups is 1. The molecule has 0 atom stereocenters. The van der Waals surface area contributed by atoms with Crippen molar-refractivity contribution in [3.8, 4) is 0 Å². The van der Waals surface area contributed by atoms with E-state index in [1.54, 1.807) is 13.1 Å². The quantitative estimate of drug-likeness (QED) is 0.184. The Labute approximate surface area is 192 Å². The lowest BCUT2D eigenvalue weighted by molar-refractivity contribution is 0.105. The summed E-state index contributed by atoms with van der Waals surface area (Å²) in [5.74, 6) is 0.719. The van der Waals surface area contributed by atoms with E-state index in [2.05, 4.69) is 20.3 Å². The zero-order valence-electron chi connectivity index (χ0n) is 17.7. The number of hydrogen-bond acceptors (Lipinski definition) is 4. The van der Waals surface area contributed by atoms with Gasteiger partial charge in [-0.1, -0.05) is 31.0 Å². The molecular formula is C20H35IN4O3S. The van der Waals surface area contributed by atoms with Crippen molar-refractivity contribution in [1.82, 2.24) is 10.6 Å². The van der Waals surface area contributed by atoms with Gasteiger partial charge in [0.05, 0.1) is 11.9 Å². The third kappa shape index (κ3) is 9.08. The maximum Gasteiger partial charge on any atom is 0.229 e. The van der Waals surface area contributed by atoms with Crippen molar-refractivity contribution in [1.29, 1.82) is 0 Å². The molecule has 0 radical (unpaired) electrons. The Hall–Kier alpha value is -1.07. The Morgan fingerprint density at radius 2 is 1.90 bits per heavy atom. The molecule has 1 aromatic rings. The minimum Gasteiger partial charge on any atom is -0.382 e. The third-order valence-electron chi connectivity index (χ3n) is 5.26. The van der Waals surface area contributed by atoms with Gasteiger partial charge in [0.25, 0.3) is 0 Å². The molecule has 0 heterocycles. The fourth-order valence-electron chi connectivity index (χ4n) is 3.72. The first-order valence-electron chi connectivity index (χ1n) is 9.95. The predicted octanol–water partition coefficient (Wildman–Crippen LogP) is 3.33. The van der Waals surface area contributed by atoms with Crippen molar-refractivity contribution in [2.24, 2.45) is 10.4 Å². The van der Waals surface area contributed by atoms with Gasteiger partial charge in [-0.25, -0.2) is 8.42 Å². The molecule has 1 aliphatic rings. The van der Waals surface area contributed by atoms with E-state index in [0.717, 1.165) is 44.0 Å². The number of para-hydroxylation sites is 1. The summed E-state index contributed by atoms with van der Waals surface area (Å²) in [5, 5.41) is 6.75. The van der Waals surface area contributed by atoms with Crippen LogP contribution in [0.15, 0.2) is 29.3 Å². The van der Waals surface area contributed by atoms with Crippen molar-refractivity contribution in [2.45, 2.75) is 45.6 Å². The summed E-state index contributed by atoms with van der Waals surface area (Å²) in [6, 6.07) is 7.36. The summed E-state index contributed by atoms with van der Waals surface area (Å²) in [4.78, 5) is 4.32. The number of hydrogen-bond donors (Lipinski definition) is 3. The number of benzene rings is 1. The minimum absolute atomic E-state index is 0. The van der Waals surface area contributed by atoms with Gasteiger partial charge in [0, 0.05) is 33.4 Å². The van der Waals surface area contributed by atoms with Gasteiger partial charge in [-0.3, -0.25) is 9.71 Å². The normalized spacial score (nSPS) is 16.2. The van der Waals surface area contributed by atoms with Crippen LogP contribution in [-0.2, 0) is 21.3 Å². The molecular weight excluding hydrogens is 503 g/mol. The van der Waals surface area contributed by atoms with Crippen LogP contribution < -0.4 is 15.4 Å². The van der Waals surface area contributed by atoms with Crippen LogP contribution in [0.2, 0.25) is 0 Å². The Morgan fingerprint density at radius 1 is 1.21 bits per heavy atom. The standard InChI is InChI=1S/C20H34N4O3S.HI/c1-4-27-14-13-20(11-7-8-12-20)16-23-19(21-2)22-15-17-9-5-6-10-18(17)24-28(3,25)26;/h5-6,9-10,24H,4,7-8,11-16H2,1-3H3,(H2,21,22,23);1H. The van der Waals surface area contributed by atoms with Crippen LogP contribution >= 0.6 is 24.0 Å². The molecule has 0 aromatic heterocycles. The van der Waals surface area contributed by atoms with E-state index in [-0.39, 0.29) is 29.4 Å². The number of guanidine groups is 1. The summed E-state index contributed by atoms with van der Waals surface area (Å²) in [6.07, 6.45) is 7.18. The zero-order chi connectivity index (χ0) is 20.5. The van der Waals surface area contributed by atoms with E-state index in [1.165, 1.54) is 25.7 Å². The molecule has 3 N–H and O–H groups in total. The lowest BCUT2D eigenvalue weighted by Crippen LogP contribution is -2.43. The monoisotopic (exact) mass is 538 g/mol. The number of ether oxygens (including phenoxy) is 1. The molecule has 1 fully saturated rings. The molecule has 0 unspecified atom stereocenters. The fraction of sp³-hybridized carbons (Fsp3) is 0.650. The van der Waals surface area contributed by atoms with Crippen molar-refractivity contribution in [3.63, 3.8) is 0 Å². The topological polar surface area (TPSA) is 91.8 Å². The molecule has 7 nitrogen and oxygen atoms in total. The van der Waals surface area contributed by atoms with Gasteiger partial charge < -0.3 is 15.4 Å². The van der Waals surface area contributed by atoms with Crippen molar-refractivity contribution in [2.75, 3.05) is 37.8 Å². The summed E-state index contributed by atoms with van der Waals surface area (Å²) >= 11 is 0. The molecule has 0 amide bonds. The molecule has 2 rings (SSSR count). The van der Waals surface area contributed by atoms with E-state index in [9.17, 15) is 8.42 Å². The summed E-state index contributed by atoms with van der Waals surface area (Å²) in [5.41, 5.74) is 1.71. The van der Waals surface area contributed by atoms with Crippen molar-refractivity contribution in [3.05, 3.63) is 29.8 Å². The summed E-state index contributed by atoms with van der Waals surface area (Å²) in [6.45, 7) is 4.93. The Balaban J connectivity index is 0.00000420. The fourth-order valence-corrected chi connectivity index (χ4v) is 4.32. The largest absolute Gasteiger partial charge is 0.382 e. The van der Waals surface area contributed by atoms with E-state index >= 15 is 0 Å². The third-order valence-corrected chi connectivity index (χ3v) is 5.85. The predicted molar refractivity (Wildman–Crippen MR) is 131 cm³/mol. The number of sulfonamides is 1. The van der Waals surface area contributed by atoms with E-state index < -0.39 is 10.0 Å². The van der Waals surface area contributed by atoms with E-state index in [4.69, 9.17) is 4.74 Å². The Morgan fingerprint density at radius 3 is 2.52 bits per heavy atom. The number of anilines is 1. The Kier molecular flexibility index (Phi) is 11.3. The molecule has 0 spiro atoms. The SMILES string of the molecule is CCOCCC1(CNC(=NC)NCc2ccccc2NS(C)(=O)=O)CCCC1.I. The maximum atomic E-state index is 11.6. The first kappa shape index (κ1) is 26.0. The van der Waals surface area contributed by atoms with Crippen molar-refractivity contribution >= 4 is 45.6 Å². The van der Waals surface area contributed by atoms with Crippen LogP contribution in [0.3, 0.4) is 0 Å². The molecule has 29 heavy (non-hydrogen) atoms. The second kappa shape index (κ2) is 12.6. The number of nitrogens with zero attached hydrogens (tertiary/aromatic N) is 1. The van der Waals surface area contributed by atoms with Gasteiger partial charge in [0.2, 0.25) is 10.0 Å². The first-order valence-corrected chi connectivity index (χ1v) is 11.8. The number of nitrogens with one attached hydrogen (secondary N) is 3. The zero-order valence-corrected chi connectivity index (χ0v) is 20.8. The molecule has 1 aromatic carbocycles. The first-order chi connectivity index (χ1) is 13.4. The van der Waals surface area contributed by atoms with Crippen LogP contribution in [0, 0.1) is 5.41 Å². The summed E-state index contributed by atoms with van der Waals surface area (Å²) < 4.78 is 31.3. The highest BCUT2D eigenvalue weighted by Crippen LogP contribution is 2.40. The number of halogens is 1. The highest BCUT2D eigenvalue weighted by atomic mass is 127. The average molecular weight is 538 g/mol. The lowest BCUT2D eigenvalue weighted by Gasteiger charge is -2.30. The van der Waals surface area contributed by atoms with Gasteiger partial charge >= 0.3 is 0 Å². The average Bonchev–Trinajstić information content (AvgIpc) is 3.11. The van der Waals surface area contributed by atoms with E-state index in [1.807, 2.05) is 25.1 Å². The van der Waals surface area contributed by atoms with Gasteiger partial charge in [0.15, 0.2) is 5.96 Å². The van der Waals surface area contributed by atoms with Crippen LogP contribution in [0.5, 0.6) is 0 Å². The van der Waals surface area contributed by atoms with Gasteiger partial charge in [-0.05, 0) is 43.2 Å². The second-order valence-corrected chi connectivity index (χ2v) is 9.21. The molecule has 9 heteroatoms. The van der Waals surface area contributed by atoms with Crippen LogP contribution in [0.1, 0.15) is 44.6 Å². The van der Waals surface area contributed by atoms with Gasteiger partial charge in [0.1, 0.15) is 0 Å². The van der Waals surface area contributed by atoms with Gasteiger partial charge in [-0.15, -0.1) is 24.0 Å². The minimum atomic E-state index is -3.32.